The molecule has 1 spiro atoms. The molecule has 1 heterocycles. The molecule has 1 saturated carbocycles. The highest BCUT2D eigenvalue weighted by atomic mass is 35.5. The summed E-state index contributed by atoms with van der Waals surface area (Å²) in [5.74, 6) is 0.677. The Hall–Kier alpha value is -1.06. The highest BCUT2D eigenvalue weighted by Gasteiger charge is 2.43. The number of hydrogen-bond acceptors (Lipinski definition) is 3. The number of halogens is 1. The minimum absolute atomic E-state index is 0.0120. The summed E-state index contributed by atoms with van der Waals surface area (Å²) in [5, 5.41) is 0.506. The number of rotatable bonds is 3. The van der Waals surface area contributed by atoms with Gasteiger partial charge in [0, 0.05) is 18.4 Å². The average Bonchev–Trinajstić information content (AvgIpc) is 2.39. The van der Waals surface area contributed by atoms with Gasteiger partial charge in [0.1, 0.15) is 11.9 Å². The van der Waals surface area contributed by atoms with Crippen molar-refractivity contribution in [2.45, 2.75) is 50.7 Å². The van der Waals surface area contributed by atoms with Gasteiger partial charge in [-0.25, -0.2) is 0 Å². The van der Waals surface area contributed by atoms with Crippen LogP contribution >= 0.6 is 11.6 Å². The molecule has 0 bridgehead atoms. The topological polar surface area (TPSA) is 35.5 Å². The molecule has 1 aromatic rings. The Labute approximate surface area is 124 Å². The van der Waals surface area contributed by atoms with Crippen molar-refractivity contribution in [3.63, 3.8) is 0 Å². The third-order valence-corrected chi connectivity index (χ3v) is 4.64. The van der Waals surface area contributed by atoms with Crippen molar-refractivity contribution in [2.75, 3.05) is 6.61 Å². The first-order valence-corrected chi connectivity index (χ1v) is 7.57. The number of Topliss-reactive ketones (excluding diaryl/α,β-unsaturated/α-hetero) is 1. The molecule has 2 fully saturated rings. The molecular weight excluding hydrogens is 276 g/mol. The Morgan fingerprint density at radius 3 is 2.85 bits per heavy atom. The van der Waals surface area contributed by atoms with E-state index in [-0.39, 0.29) is 17.5 Å². The Balaban J connectivity index is 1.69. The fourth-order valence-electron chi connectivity index (χ4n) is 3.00. The van der Waals surface area contributed by atoms with E-state index in [0.717, 1.165) is 32.3 Å². The average molecular weight is 295 g/mol. The number of ether oxygens (including phenoxy) is 2. The number of hydrogen-bond donors (Lipinski definition) is 0. The maximum Gasteiger partial charge on any atom is 0.159 e. The molecule has 0 radical (unpaired) electrons. The van der Waals surface area contributed by atoms with Gasteiger partial charge in [0.25, 0.3) is 0 Å². The van der Waals surface area contributed by atoms with Gasteiger partial charge in [-0.3, -0.25) is 4.79 Å². The molecule has 0 amide bonds. The van der Waals surface area contributed by atoms with Gasteiger partial charge in [0.05, 0.1) is 17.2 Å². The Kier molecular flexibility index (Phi) is 3.74. The van der Waals surface area contributed by atoms with Gasteiger partial charge in [-0.1, -0.05) is 11.6 Å². The zero-order chi connectivity index (χ0) is 14.2. The highest BCUT2D eigenvalue weighted by Crippen LogP contribution is 2.43. The summed E-state index contributed by atoms with van der Waals surface area (Å²) in [6, 6.07) is 5.24. The number of carbonyl (C=O) groups is 1. The maximum atomic E-state index is 11.3. The first kappa shape index (κ1) is 13.9. The first-order valence-electron chi connectivity index (χ1n) is 7.19. The molecular formula is C16H19ClO3. The van der Waals surface area contributed by atoms with E-state index in [2.05, 4.69) is 0 Å². The molecule has 1 saturated heterocycles. The van der Waals surface area contributed by atoms with Crippen LogP contribution in [0.5, 0.6) is 5.75 Å². The summed E-state index contributed by atoms with van der Waals surface area (Å²) in [6.07, 6.45) is 5.53. The minimum atomic E-state index is 0.0120. The SMILES string of the molecule is CC(=O)c1ccc(OC2CCOC3(CCC3)C2)c(Cl)c1. The van der Waals surface area contributed by atoms with E-state index in [1.165, 1.54) is 13.3 Å². The first-order chi connectivity index (χ1) is 9.58. The van der Waals surface area contributed by atoms with Crippen LogP contribution in [-0.2, 0) is 4.74 Å². The van der Waals surface area contributed by atoms with Gasteiger partial charge in [-0.2, -0.15) is 0 Å². The van der Waals surface area contributed by atoms with Gasteiger partial charge >= 0.3 is 0 Å². The van der Waals surface area contributed by atoms with Crippen molar-refractivity contribution in [2.24, 2.45) is 0 Å². The van der Waals surface area contributed by atoms with E-state index >= 15 is 0 Å². The smallest absolute Gasteiger partial charge is 0.159 e. The molecule has 108 valence electrons. The van der Waals surface area contributed by atoms with Crippen LogP contribution in [0.25, 0.3) is 0 Å². The second-order valence-electron chi connectivity index (χ2n) is 5.82. The van der Waals surface area contributed by atoms with E-state index in [1.807, 2.05) is 0 Å². The molecule has 2 aliphatic rings. The van der Waals surface area contributed by atoms with Crippen LogP contribution in [0.2, 0.25) is 5.02 Å². The van der Waals surface area contributed by atoms with Crippen LogP contribution in [0.1, 0.15) is 49.4 Å². The summed E-state index contributed by atoms with van der Waals surface area (Å²) in [6.45, 7) is 2.29. The lowest BCUT2D eigenvalue weighted by atomic mass is 9.74. The number of ketones is 1. The van der Waals surface area contributed by atoms with Gasteiger partial charge < -0.3 is 9.47 Å². The number of benzene rings is 1. The number of carbonyl (C=O) groups excluding carboxylic acids is 1. The zero-order valence-corrected chi connectivity index (χ0v) is 12.4. The van der Waals surface area contributed by atoms with Crippen LogP contribution in [-0.4, -0.2) is 24.1 Å². The van der Waals surface area contributed by atoms with E-state index in [9.17, 15) is 4.79 Å². The van der Waals surface area contributed by atoms with Gasteiger partial charge in [-0.05, 0) is 44.4 Å². The monoisotopic (exact) mass is 294 g/mol. The second kappa shape index (κ2) is 5.38. The van der Waals surface area contributed by atoms with Crippen molar-refractivity contribution in [3.05, 3.63) is 28.8 Å². The van der Waals surface area contributed by atoms with Crippen molar-refractivity contribution in [1.82, 2.24) is 0 Å². The van der Waals surface area contributed by atoms with E-state index in [4.69, 9.17) is 21.1 Å². The summed E-state index contributed by atoms with van der Waals surface area (Å²) < 4.78 is 11.9. The molecule has 1 aliphatic heterocycles. The van der Waals surface area contributed by atoms with Crippen LogP contribution in [0.15, 0.2) is 18.2 Å². The fourth-order valence-corrected chi connectivity index (χ4v) is 3.22. The molecule has 1 aromatic carbocycles. The predicted molar refractivity (Wildman–Crippen MR) is 77.6 cm³/mol. The predicted octanol–water partition coefficient (Wildman–Crippen LogP) is 4.02. The molecule has 3 rings (SSSR count). The maximum absolute atomic E-state index is 11.3. The summed E-state index contributed by atoms with van der Waals surface area (Å²) in [5.41, 5.74) is 0.680. The molecule has 1 atom stereocenters. The molecule has 1 unspecified atom stereocenters. The van der Waals surface area contributed by atoms with Gasteiger partial charge in [-0.15, -0.1) is 0 Å². The Bertz CT molecular complexity index is 522. The third-order valence-electron chi connectivity index (χ3n) is 4.34. The van der Waals surface area contributed by atoms with E-state index in [1.54, 1.807) is 18.2 Å². The van der Waals surface area contributed by atoms with Crippen molar-refractivity contribution in [1.29, 1.82) is 0 Å². The van der Waals surface area contributed by atoms with Crippen LogP contribution in [0.3, 0.4) is 0 Å². The Morgan fingerprint density at radius 2 is 2.25 bits per heavy atom. The minimum Gasteiger partial charge on any atom is -0.489 e. The fraction of sp³-hybridized carbons (Fsp3) is 0.562. The molecule has 0 N–H and O–H groups in total. The standard InChI is InChI=1S/C16H19ClO3/c1-11(18)12-3-4-15(14(17)9-12)20-13-5-8-19-16(10-13)6-2-7-16/h3-4,9,13H,2,5-8,10H2,1H3. The van der Waals surface area contributed by atoms with Crippen LogP contribution < -0.4 is 4.74 Å². The summed E-state index contributed by atoms with van der Waals surface area (Å²) >= 11 is 6.20. The lowest BCUT2D eigenvalue weighted by Crippen LogP contribution is -2.48. The lowest BCUT2D eigenvalue weighted by Gasteiger charge is -2.46. The molecule has 3 nitrogen and oxygen atoms in total. The normalized spacial score (nSPS) is 24.2. The van der Waals surface area contributed by atoms with Gasteiger partial charge in [0.15, 0.2) is 5.78 Å². The highest BCUT2D eigenvalue weighted by molar-refractivity contribution is 6.32. The quantitative estimate of drug-likeness (QED) is 0.790. The van der Waals surface area contributed by atoms with Gasteiger partial charge in [0.2, 0.25) is 0 Å². The second-order valence-corrected chi connectivity index (χ2v) is 6.23. The van der Waals surface area contributed by atoms with E-state index in [0.29, 0.717) is 16.3 Å². The zero-order valence-electron chi connectivity index (χ0n) is 11.7. The molecule has 1 aliphatic carbocycles. The Morgan fingerprint density at radius 1 is 1.45 bits per heavy atom. The van der Waals surface area contributed by atoms with Crippen LogP contribution in [0.4, 0.5) is 0 Å². The van der Waals surface area contributed by atoms with Crippen LogP contribution in [0, 0.1) is 0 Å². The molecule has 0 aromatic heterocycles. The summed E-state index contributed by atoms with van der Waals surface area (Å²) in [4.78, 5) is 11.3. The largest absolute Gasteiger partial charge is 0.489 e. The molecule has 20 heavy (non-hydrogen) atoms. The van der Waals surface area contributed by atoms with Crippen molar-refractivity contribution >= 4 is 17.4 Å². The van der Waals surface area contributed by atoms with Crippen molar-refractivity contribution in [3.8, 4) is 5.75 Å². The van der Waals surface area contributed by atoms with E-state index < -0.39 is 0 Å². The lowest BCUT2D eigenvalue weighted by molar-refractivity contribution is -0.153. The molecule has 4 heteroatoms. The third kappa shape index (κ3) is 2.70. The van der Waals surface area contributed by atoms with Crippen molar-refractivity contribution < 1.29 is 14.3 Å². The summed E-state index contributed by atoms with van der Waals surface area (Å²) in [7, 11) is 0.